The number of fused-ring (bicyclic) bond motifs is 4. The van der Waals surface area contributed by atoms with Crippen molar-refractivity contribution in [2.75, 3.05) is 50.2 Å². The third kappa shape index (κ3) is 10.9. The fourth-order valence-electron chi connectivity index (χ4n) is 12.5. The highest BCUT2D eigenvalue weighted by Crippen LogP contribution is 2.66. The predicted molar refractivity (Wildman–Crippen MR) is 303 cm³/mol. The number of nitrogens with zero attached hydrogens (tertiary/aromatic N) is 2. The van der Waals surface area contributed by atoms with Crippen LogP contribution in [0.5, 0.6) is 0 Å². The van der Waals surface area contributed by atoms with Crippen molar-refractivity contribution in [2.24, 2.45) is 5.41 Å². The van der Waals surface area contributed by atoms with Gasteiger partial charge in [-0.25, -0.2) is 4.98 Å². The van der Waals surface area contributed by atoms with Crippen LogP contribution in [-0.4, -0.2) is 120 Å². The average molecular weight is 1130 g/mol. The molecule has 2 saturated heterocycles. The van der Waals surface area contributed by atoms with Crippen molar-refractivity contribution in [1.82, 2.24) is 31.2 Å². The Bertz CT molecular complexity index is 3160. The maximum Gasteiger partial charge on any atom is 0.251 e. The Morgan fingerprint density at radius 1 is 0.899 bits per heavy atom. The number of rotatable bonds is 18. The number of thiazole rings is 1. The Morgan fingerprint density at radius 2 is 1.63 bits per heavy atom. The molecule has 2 aliphatic carbocycles. The van der Waals surface area contributed by atoms with E-state index < -0.39 is 58.3 Å². The first kappa shape index (κ1) is 56.0. The number of aromatic nitrogens is 1. The minimum Gasteiger partial charge on any atom is -0.391 e. The van der Waals surface area contributed by atoms with Crippen LogP contribution in [0.3, 0.4) is 0 Å². The number of hydrogen-bond donors (Lipinski definition) is 7. The maximum atomic E-state index is 14.7. The van der Waals surface area contributed by atoms with Crippen molar-refractivity contribution in [3.8, 4) is 21.6 Å². The van der Waals surface area contributed by atoms with Gasteiger partial charge < -0.3 is 46.1 Å². The lowest BCUT2D eigenvalue weighted by Gasteiger charge is -2.46. The molecule has 1 saturated carbocycles. The van der Waals surface area contributed by atoms with Crippen molar-refractivity contribution in [1.29, 1.82) is 0 Å². The summed E-state index contributed by atoms with van der Waals surface area (Å²) in [5.74, 6) is -2.63. The molecule has 3 fully saturated rings. The van der Waals surface area contributed by atoms with E-state index in [0.717, 1.165) is 63.2 Å². The van der Waals surface area contributed by atoms with Crippen LogP contribution in [0, 0.1) is 12.3 Å². The lowest BCUT2D eigenvalue weighted by Crippen LogP contribution is -2.60. The third-order valence-corrected chi connectivity index (χ3v) is 17.9. The van der Waals surface area contributed by atoms with Crippen LogP contribution in [0.25, 0.3) is 21.6 Å². The van der Waals surface area contributed by atoms with Crippen molar-refractivity contribution in [3.05, 3.63) is 122 Å². The van der Waals surface area contributed by atoms with Gasteiger partial charge in [0.1, 0.15) is 17.5 Å². The number of aliphatic hydroxyl groups excluding tert-OH is 1. The first-order valence-electron chi connectivity index (χ1n) is 27.0. The zero-order valence-electron chi connectivity index (χ0n) is 44.6. The topological polar surface area (TPSA) is 229 Å². The van der Waals surface area contributed by atoms with E-state index in [0.29, 0.717) is 39.8 Å². The molecule has 20 heteroatoms. The Balaban J connectivity index is 0.659. The summed E-state index contributed by atoms with van der Waals surface area (Å²) < 4.78 is 11.3. The summed E-state index contributed by atoms with van der Waals surface area (Å²) in [6.45, 7) is 8.52. The van der Waals surface area contributed by atoms with Crippen LogP contribution in [0.2, 0.25) is 10.0 Å². The highest BCUT2D eigenvalue weighted by atomic mass is 35.5. The minimum atomic E-state index is -1.09. The van der Waals surface area contributed by atoms with E-state index in [9.17, 15) is 33.9 Å². The molecule has 0 radical (unpaired) electrons. The molecular weight excluding hydrogens is 1070 g/mol. The van der Waals surface area contributed by atoms with Gasteiger partial charge in [0.25, 0.3) is 5.91 Å². The number of ether oxygens (including phenoxy) is 2. The standard InChI is InChI=1S/C59H66Cl2N8O9S/c1-33-50(79-32-64-33)35-13-11-34(12-14-35)30-63-53(73)45-27-38(70)31-69(45)55(75)51(57(2,3)4)67-46(71)19-23-77-25-26-78-24-22-62-52(72)36-15-17-37(18-16-36)65-54(74)49-48-39-9-8-10-42(60)47(39)40-28-41-44(29-43(40)61)66-56(76)59(41,48)58(68-49)20-6-5-7-21-58/h8-18,28-29,32,38,45,48-49,51,68,70H,5-7,19-27,30-31H2,1-4H3,(H,62,72)(H,63,73)(H,65,74)(H,66,76)(H,67,71)/t38-,45+,48+,49-,51-,59-/m1/s1. The molecule has 7 N–H and O–H groups in total. The predicted octanol–water partition coefficient (Wildman–Crippen LogP) is 7.66. The van der Waals surface area contributed by atoms with Crippen LogP contribution in [0.1, 0.15) is 104 Å². The molecule has 6 amide bonds. The second-order valence-corrected chi connectivity index (χ2v) is 24.0. The van der Waals surface area contributed by atoms with E-state index in [1.807, 2.05) is 70.2 Å². The van der Waals surface area contributed by atoms with E-state index in [-0.39, 0.29) is 82.5 Å². The molecule has 6 atom stereocenters. The number of carbonyl (C=O) groups excluding carboxylic acids is 6. The van der Waals surface area contributed by atoms with Gasteiger partial charge >= 0.3 is 0 Å². The molecule has 1 aromatic heterocycles. The SMILES string of the molecule is Cc1ncsc1-c1ccc(CNC(=O)[C@@H]2C[C@@H](O)CN2C(=O)[C@@H](NC(=O)CCOCCOCCNC(=O)c2ccc(NC(=O)[C@@H]3NC4(CCCCC4)[C@]45C(=O)Nc6cc(Cl)c(cc64)-c4c(Cl)cccc4[C@@H]35)cc2)C(C)(C)C)cc1. The molecule has 3 aliphatic heterocycles. The molecule has 5 aliphatic rings. The smallest absolute Gasteiger partial charge is 0.251 e. The number of benzene rings is 4. The van der Waals surface area contributed by atoms with E-state index in [1.165, 1.54) is 4.90 Å². The van der Waals surface area contributed by atoms with Gasteiger partial charge in [0, 0.05) is 77.0 Å². The molecule has 416 valence electrons. The van der Waals surface area contributed by atoms with Crippen LogP contribution >= 0.6 is 34.5 Å². The molecule has 2 spiro atoms. The maximum absolute atomic E-state index is 14.7. The molecule has 17 nitrogen and oxygen atoms in total. The fourth-order valence-corrected chi connectivity index (χ4v) is 13.9. The van der Waals surface area contributed by atoms with E-state index >= 15 is 0 Å². The summed E-state index contributed by atoms with van der Waals surface area (Å²) >= 11 is 15.4. The number of anilines is 2. The normalized spacial score (nSPS) is 21.9. The number of hydrogen-bond acceptors (Lipinski definition) is 12. The second-order valence-electron chi connectivity index (χ2n) is 22.3. The summed E-state index contributed by atoms with van der Waals surface area (Å²) in [6.07, 6.45) is 3.45. The van der Waals surface area contributed by atoms with Crippen LogP contribution in [-0.2, 0) is 45.4 Å². The van der Waals surface area contributed by atoms with Crippen molar-refractivity contribution < 1.29 is 43.3 Å². The number of aryl methyl sites for hydroxylation is 1. The number of carbonyl (C=O) groups is 6. The minimum absolute atomic E-state index is 0.0282. The number of halogens is 2. The lowest BCUT2D eigenvalue weighted by atomic mass is 9.56. The van der Waals surface area contributed by atoms with Gasteiger partial charge in [0.05, 0.1) is 59.7 Å². The Kier molecular flexibility index (Phi) is 16.4. The zero-order valence-corrected chi connectivity index (χ0v) is 47.0. The monoisotopic (exact) mass is 1130 g/mol. The number of likely N-dealkylation sites (tertiary alicyclic amines) is 1. The summed E-state index contributed by atoms with van der Waals surface area (Å²) in [7, 11) is 0. The Hall–Kier alpha value is -6.25. The van der Waals surface area contributed by atoms with Crippen molar-refractivity contribution >= 4 is 81.4 Å². The van der Waals surface area contributed by atoms with Gasteiger partial charge in [-0.15, -0.1) is 11.3 Å². The molecule has 0 unspecified atom stereocenters. The Labute approximate surface area is 473 Å². The highest BCUT2D eigenvalue weighted by molar-refractivity contribution is 7.13. The van der Waals surface area contributed by atoms with Gasteiger partial charge in [0.15, 0.2) is 0 Å². The zero-order chi connectivity index (χ0) is 55.8. The third-order valence-electron chi connectivity index (χ3n) is 16.3. The first-order valence-corrected chi connectivity index (χ1v) is 28.7. The Morgan fingerprint density at radius 3 is 2.34 bits per heavy atom. The number of amides is 6. The first-order chi connectivity index (χ1) is 37.9. The largest absolute Gasteiger partial charge is 0.391 e. The highest BCUT2D eigenvalue weighted by Gasteiger charge is 2.73. The molecule has 79 heavy (non-hydrogen) atoms. The van der Waals surface area contributed by atoms with Gasteiger partial charge in [-0.1, -0.05) is 99.6 Å². The van der Waals surface area contributed by atoms with Gasteiger partial charge in [-0.3, -0.25) is 34.1 Å². The molecule has 4 aromatic carbocycles. The van der Waals surface area contributed by atoms with Crippen LogP contribution in [0.15, 0.2) is 84.4 Å². The average Bonchev–Trinajstić information content (AvgIpc) is 4.26. The van der Waals surface area contributed by atoms with Crippen molar-refractivity contribution in [2.45, 2.75) is 120 Å². The molecule has 4 heterocycles. The number of nitrogens with one attached hydrogen (secondary N) is 6. The molecule has 2 bridgehead atoms. The van der Waals surface area contributed by atoms with Gasteiger partial charge in [-0.2, -0.15) is 0 Å². The summed E-state index contributed by atoms with van der Waals surface area (Å²) in [5, 5.41) is 30.2. The quantitative estimate of drug-likeness (QED) is 0.0422. The van der Waals surface area contributed by atoms with Gasteiger partial charge in [0.2, 0.25) is 29.5 Å². The molecular formula is C59H66Cl2N8O9S. The second kappa shape index (κ2) is 23.1. The molecule has 10 rings (SSSR count). The number of β-amino-alcohol motifs (C(OH)–C–C–N with tert-alkyl or cyclic N) is 1. The number of aliphatic hydroxyl groups is 1. The lowest BCUT2D eigenvalue weighted by molar-refractivity contribution is -0.144. The fraction of sp³-hybridized carbons (Fsp3) is 0.441. The van der Waals surface area contributed by atoms with Crippen molar-refractivity contribution in [3.63, 3.8) is 0 Å². The van der Waals surface area contributed by atoms with E-state index in [1.54, 1.807) is 53.2 Å². The summed E-state index contributed by atoms with van der Waals surface area (Å²) in [6, 6.07) is 21.2. The van der Waals surface area contributed by atoms with Gasteiger partial charge in [-0.05, 0) is 89.9 Å². The van der Waals surface area contributed by atoms with E-state index in [2.05, 4.69) is 36.9 Å². The summed E-state index contributed by atoms with van der Waals surface area (Å²) in [5.41, 5.74) is 6.79. The summed E-state index contributed by atoms with van der Waals surface area (Å²) in [4.78, 5) is 89.9. The van der Waals surface area contributed by atoms with Crippen LogP contribution in [0.4, 0.5) is 11.4 Å². The molecule has 5 aromatic rings. The van der Waals surface area contributed by atoms with Crippen LogP contribution < -0.4 is 31.9 Å². The van der Waals surface area contributed by atoms with E-state index in [4.69, 9.17) is 32.7 Å².